The van der Waals surface area contributed by atoms with E-state index in [1.165, 1.54) is 35.2 Å². The second kappa shape index (κ2) is 11.4. The summed E-state index contributed by atoms with van der Waals surface area (Å²) in [6, 6.07) is 9.80. The number of benzene rings is 1. The molecule has 0 radical (unpaired) electrons. The van der Waals surface area contributed by atoms with Gasteiger partial charge in [-0.2, -0.15) is 13.2 Å². The van der Waals surface area contributed by atoms with Crippen LogP contribution < -0.4 is 5.32 Å². The summed E-state index contributed by atoms with van der Waals surface area (Å²) in [7, 11) is -4.35. The van der Waals surface area contributed by atoms with Crippen molar-refractivity contribution in [2.24, 2.45) is 0 Å². The van der Waals surface area contributed by atoms with Crippen molar-refractivity contribution in [3.63, 3.8) is 0 Å². The van der Waals surface area contributed by atoms with Crippen LogP contribution in [-0.4, -0.2) is 67.2 Å². The van der Waals surface area contributed by atoms with Gasteiger partial charge in [-0.15, -0.1) is 0 Å². The van der Waals surface area contributed by atoms with Crippen LogP contribution in [0.1, 0.15) is 36.8 Å². The van der Waals surface area contributed by atoms with Crippen LogP contribution in [0.5, 0.6) is 0 Å². The quantitative estimate of drug-likeness (QED) is 0.224. The van der Waals surface area contributed by atoms with Gasteiger partial charge in [0.1, 0.15) is 11.3 Å². The molecular weight excluding hydrogens is 627 g/mol. The topological polar surface area (TPSA) is 156 Å². The maximum Gasteiger partial charge on any atom is 0.419 e. The number of pyridine rings is 1. The number of carboxylic acid groups (broad SMARTS) is 1. The van der Waals surface area contributed by atoms with E-state index < -0.39 is 39.6 Å². The van der Waals surface area contributed by atoms with Gasteiger partial charge in [-0.1, -0.05) is 23.4 Å². The Kier molecular flexibility index (Phi) is 7.70. The zero-order valence-corrected chi connectivity index (χ0v) is 25.6. The molecule has 2 atom stereocenters. The van der Waals surface area contributed by atoms with E-state index in [2.05, 4.69) is 25.4 Å². The summed E-state index contributed by atoms with van der Waals surface area (Å²) < 4.78 is 77.2. The molecule has 0 aliphatic carbocycles. The van der Waals surface area contributed by atoms with Crippen molar-refractivity contribution in [1.82, 2.24) is 29.0 Å². The highest BCUT2D eigenvalue weighted by atomic mass is 32.2. The lowest BCUT2D eigenvalue weighted by Gasteiger charge is -2.36. The van der Waals surface area contributed by atoms with Crippen molar-refractivity contribution in [2.45, 2.75) is 56.8 Å². The number of alkyl halides is 3. The molecule has 6 rings (SSSR count). The largest absolute Gasteiger partial charge is 0.465 e. The monoisotopic (exact) mass is 655 g/mol. The van der Waals surface area contributed by atoms with E-state index in [0.717, 1.165) is 10.2 Å². The van der Waals surface area contributed by atoms with Gasteiger partial charge in [0, 0.05) is 42.0 Å². The highest BCUT2D eigenvalue weighted by Crippen LogP contribution is 2.41. The molecule has 1 fully saturated rings. The van der Waals surface area contributed by atoms with Crippen molar-refractivity contribution in [2.75, 3.05) is 11.9 Å². The fourth-order valence-electron chi connectivity index (χ4n) is 5.68. The van der Waals surface area contributed by atoms with Gasteiger partial charge >= 0.3 is 12.3 Å². The van der Waals surface area contributed by atoms with Gasteiger partial charge in [0.25, 0.3) is 10.0 Å². The second-order valence-electron chi connectivity index (χ2n) is 11.1. The molecule has 5 heterocycles. The summed E-state index contributed by atoms with van der Waals surface area (Å²) in [6.45, 7) is 5.22. The van der Waals surface area contributed by atoms with Crippen molar-refractivity contribution >= 4 is 33.1 Å². The SMILES string of the molecule is Cc1noc(C)c1-c1ccc2c(-c3nc(N[C@@H]4CC[C@@H](C)N(C(=O)O)C4)ncc3C(F)(F)F)cn(S(=O)(=O)c3ccccc3)c2n1. The molecule has 0 bridgehead atoms. The number of amides is 1. The number of aryl methyl sites for hydroxylation is 2. The molecular formula is C30H28F3N7O5S. The first-order chi connectivity index (χ1) is 21.8. The molecule has 5 aromatic rings. The van der Waals surface area contributed by atoms with E-state index in [-0.39, 0.29) is 40.0 Å². The Morgan fingerprint density at radius 3 is 2.48 bits per heavy atom. The Morgan fingerprint density at radius 1 is 1.09 bits per heavy atom. The Hall–Kier alpha value is -4.99. The molecule has 16 heteroatoms. The van der Waals surface area contributed by atoms with Crippen LogP contribution in [0.25, 0.3) is 33.5 Å². The minimum absolute atomic E-state index is 0.0826. The number of fused-ring (bicyclic) bond motifs is 1. The van der Waals surface area contributed by atoms with E-state index in [0.29, 0.717) is 41.8 Å². The molecule has 46 heavy (non-hydrogen) atoms. The van der Waals surface area contributed by atoms with Crippen LogP contribution in [-0.2, 0) is 16.2 Å². The van der Waals surface area contributed by atoms with Crippen LogP contribution in [0.4, 0.5) is 23.9 Å². The first-order valence-electron chi connectivity index (χ1n) is 14.2. The Morgan fingerprint density at radius 2 is 1.83 bits per heavy atom. The Balaban J connectivity index is 1.54. The molecule has 4 aromatic heterocycles. The van der Waals surface area contributed by atoms with Crippen molar-refractivity contribution in [3.8, 4) is 22.5 Å². The number of anilines is 1. The summed E-state index contributed by atoms with van der Waals surface area (Å²) in [5, 5.41) is 16.5. The average Bonchev–Trinajstić information content (AvgIpc) is 3.57. The number of hydrogen-bond acceptors (Lipinski definition) is 9. The lowest BCUT2D eigenvalue weighted by Crippen LogP contribution is -2.49. The van der Waals surface area contributed by atoms with Crippen molar-refractivity contribution < 1.29 is 36.0 Å². The highest BCUT2D eigenvalue weighted by molar-refractivity contribution is 7.90. The number of nitrogens with zero attached hydrogens (tertiary/aromatic N) is 6. The number of piperidine rings is 1. The molecule has 0 unspecified atom stereocenters. The zero-order chi connectivity index (χ0) is 33.0. The smallest absolute Gasteiger partial charge is 0.419 e. The number of nitrogens with one attached hydrogen (secondary N) is 1. The average molecular weight is 656 g/mol. The van der Waals surface area contributed by atoms with Crippen molar-refractivity contribution in [3.05, 3.63) is 71.9 Å². The van der Waals surface area contributed by atoms with Gasteiger partial charge in [0.15, 0.2) is 5.65 Å². The number of likely N-dealkylation sites (tertiary alicyclic amines) is 1. The minimum Gasteiger partial charge on any atom is -0.465 e. The molecule has 0 saturated carbocycles. The maximum absolute atomic E-state index is 14.4. The van der Waals surface area contributed by atoms with Gasteiger partial charge < -0.3 is 19.8 Å². The standard InChI is InChI=1S/C30H28F3N7O5S/c1-16-9-10-19(14-39(16)29(41)42)35-28-34-13-23(30(31,32)33)26(37-28)22-15-40(46(43,44)20-7-5-4-6-8-20)27-21(22)11-12-24(36-27)25-17(2)38-45-18(25)3/h4-8,11-13,15-16,19H,9-10,14H2,1-3H3,(H,41,42)(H,34,35,37)/t16-,19-/m1/s1. The van der Waals surface area contributed by atoms with Gasteiger partial charge in [0.2, 0.25) is 5.95 Å². The number of hydrogen-bond donors (Lipinski definition) is 2. The molecule has 1 aliphatic heterocycles. The van der Waals surface area contributed by atoms with E-state index in [9.17, 15) is 31.5 Å². The summed E-state index contributed by atoms with van der Waals surface area (Å²) in [6.07, 6.45) is -3.23. The number of rotatable bonds is 6. The minimum atomic E-state index is -4.90. The third-order valence-corrected chi connectivity index (χ3v) is 9.68. The number of halogens is 3. The van der Waals surface area contributed by atoms with Gasteiger partial charge in [-0.25, -0.2) is 32.1 Å². The van der Waals surface area contributed by atoms with Gasteiger partial charge in [-0.05, 0) is 57.9 Å². The molecule has 240 valence electrons. The molecule has 12 nitrogen and oxygen atoms in total. The van der Waals surface area contributed by atoms with Crippen molar-refractivity contribution in [1.29, 1.82) is 0 Å². The van der Waals surface area contributed by atoms with Crippen LogP contribution in [0.15, 0.2) is 64.3 Å². The van der Waals surface area contributed by atoms with E-state index in [1.807, 2.05) is 0 Å². The highest BCUT2D eigenvalue weighted by Gasteiger charge is 2.38. The zero-order valence-electron chi connectivity index (χ0n) is 24.8. The first-order valence-corrected chi connectivity index (χ1v) is 15.7. The van der Waals surface area contributed by atoms with E-state index in [1.54, 1.807) is 32.9 Å². The fraction of sp³-hybridized carbons (Fsp3) is 0.300. The van der Waals surface area contributed by atoms with E-state index >= 15 is 0 Å². The number of aromatic nitrogens is 5. The molecule has 2 N–H and O–H groups in total. The normalized spacial score (nSPS) is 17.4. The summed E-state index contributed by atoms with van der Waals surface area (Å²) in [4.78, 5) is 25.6. The Labute approximate surface area is 260 Å². The maximum atomic E-state index is 14.4. The Bertz CT molecular complexity index is 2040. The molecule has 1 aliphatic rings. The molecule has 1 amide bonds. The van der Waals surface area contributed by atoms with Crippen LogP contribution >= 0.6 is 0 Å². The lowest BCUT2D eigenvalue weighted by atomic mass is 10.00. The lowest BCUT2D eigenvalue weighted by molar-refractivity contribution is -0.137. The van der Waals surface area contributed by atoms with E-state index in [4.69, 9.17) is 4.52 Å². The number of carbonyl (C=O) groups is 1. The predicted molar refractivity (Wildman–Crippen MR) is 161 cm³/mol. The first kappa shape index (κ1) is 31.0. The van der Waals surface area contributed by atoms with Crippen LogP contribution in [0, 0.1) is 13.8 Å². The summed E-state index contributed by atoms with van der Waals surface area (Å²) in [5.41, 5.74) is -0.691. The summed E-state index contributed by atoms with van der Waals surface area (Å²) in [5.74, 6) is 0.262. The summed E-state index contributed by atoms with van der Waals surface area (Å²) >= 11 is 0. The third kappa shape index (κ3) is 5.52. The fourth-order valence-corrected chi connectivity index (χ4v) is 7.02. The third-order valence-electron chi connectivity index (χ3n) is 8.02. The predicted octanol–water partition coefficient (Wildman–Crippen LogP) is 5.96. The van der Waals surface area contributed by atoms with Gasteiger partial charge in [0.05, 0.1) is 27.5 Å². The second-order valence-corrected chi connectivity index (χ2v) is 12.9. The van der Waals surface area contributed by atoms with Crippen LogP contribution in [0.3, 0.4) is 0 Å². The van der Waals surface area contributed by atoms with Gasteiger partial charge in [-0.3, -0.25) is 0 Å². The van der Waals surface area contributed by atoms with Crippen LogP contribution in [0.2, 0.25) is 0 Å². The molecule has 0 spiro atoms. The molecule has 1 aromatic carbocycles. The molecule has 1 saturated heterocycles.